The summed E-state index contributed by atoms with van der Waals surface area (Å²) in [5.74, 6) is 1.10. The Hall–Kier alpha value is -8.62. The molecule has 9 aromatic carbocycles. The lowest BCUT2D eigenvalue weighted by molar-refractivity contribution is -0.383. The van der Waals surface area contributed by atoms with Crippen LogP contribution in [0, 0.1) is 27.2 Å². The molecule has 0 amide bonds. The van der Waals surface area contributed by atoms with Gasteiger partial charge in [0.05, 0.1) is 20.9 Å². The molecule has 0 aliphatic rings. The molecule has 13 nitrogen and oxygen atoms in total. The van der Waals surface area contributed by atoms with Crippen molar-refractivity contribution in [2.45, 2.75) is 66.1 Å². The molecule has 0 saturated carbocycles. The molecule has 0 aliphatic carbocycles. The average Bonchev–Trinajstić information content (AvgIpc) is 3.93. The van der Waals surface area contributed by atoms with Gasteiger partial charge in [0.2, 0.25) is 8.32 Å². The van der Waals surface area contributed by atoms with Crippen LogP contribution in [0.25, 0.3) is 120 Å². The first-order valence-electron chi connectivity index (χ1n) is 24.0. The van der Waals surface area contributed by atoms with E-state index in [1.807, 2.05) is 97.9 Å². The maximum atomic E-state index is 15.1. The molecular formula is C58H44N6O7Si. The minimum Gasteiger partial charge on any atom is -0.544 e. The van der Waals surface area contributed by atoms with Crippen molar-refractivity contribution in [3.05, 3.63) is 167 Å². The fraction of sp³-hybridized carbons (Fsp3) is 0.172. The molecule has 72 heavy (non-hydrogen) atoms. The van der Waals surface area contributed by atoms with Gasteiger partial charge in [0.25, 0.3) is 22.5 Å². The van der Waals surface area contributed by atoms with E-state index >= 15 is 4.79 Å². The number of imidazole rings is 2. The highest BCUT2D eigenvalue weighted by Crippen LogP contribution is 2.47. The Labute approximate surface area is 410 Å². The average molecular weight is 965 g/mol. The zero-order chi connectivity index (χ0) is 50.1. The molecule has 0 atom stereocenters. The quantitative estimate of drug-likeness (QED) is 0.0474. The van der Waals surface area contributed by atoms with Crippen molar-refractivity contribution in [2.75, 3.05) is 0 Å². The summed E-state index contributed by atoms with van der Waals surface area (Å²) in [6.07, 6.45) is 0. The maximum absolute atomic E-state index is 15.1. The molecule has 14 heteroatoms. The zero-order valence-corrected chi connectivity index (χ0v) is 41.6. The van der Waals surface area contributed by atoms with Gasteiger partial charge in [-0.25, -0.2) is 9.97 Å². The molecule has 0 bridgehead atoms. The molecule has 0 radical (unpaired) electrons. The first kappa shape index (κ1) is 43.4. The van der Waals surface area contributed by atoms with Gasteiger partial charge < -0.3 is 4.43 Å². The van der Waals surface area contributed by atoms with Crippen LogP contribution in [0.15, 0.2) is 119 Å². The van der Waals surface area contributed by atoms with Crippen LogP contribution < -0.4 is 15.5 Å². The van der Waals surface area contributed by atoms with Crippen LogP contribution in [0.5, 0.6) is 5.75 Å². The monoisotopic (exact) mass is 964 g/mol. The van der Waals surface area contributed by atoms with Crippen LogP contribution in [0.3, 0.4) is 0 Å². The lowest BCUT2D eigenvalue weighted by atomic mass is 9.86. The Balaban J connectivity index is 1.06. The normalized spacial score (nSPS) is 12.8. The number of rotatable bonds is 8. The van der Waals surface area contributed by atoms with Gasteiger partial charge in [-0.1, -0.05) is 81.8 Å². The van der Waals surface area contributed by atoms with E-state index in [4.69, 9.17) is 14.4 Å². The SMILES string of the molecule is Cc1cc(-c2cc([N+](=O)[O-])c3nc4c5ccc6c7ccc8c(=O)n9c%10cc(-c%11cc(O[Si](C)(C)C)cc(C(C)C)c%11)cc([N+](=O)[O-])c%10nc9c9ccc(c%10ccc(c(=O)n4c3c2)c5c6%10)c7c89)cc(C(C)C)c1. The Morgan fingerprint density at radius 3 is 1.29 bits per heavy atom. The van der Waals surface area contributed by atoms with Crippen molar-refractivity contribution in [3.8, 4) is 28.0 Å². The fourth-order valence-corrected chi connectivity index (χ4v) is 12.2. The van der Waals surface area contributed by atoms with E-state index in [9.17, 15) is 25.0 Å². The molecule has 13 rings (SSSR count). The van der Waals surface area contributed by atoms with E-state index in [-0.39, 0.29) is 45.4 Å². The molecule has 0 N–H and O–H groups in total. The van der Waals surface area contributed by atoms with Gasteiger partial charge in [0.1, 0.15) is 17.0 Å². The number of nitrogens with zero attached hydrogens (tertiary/aromatic N) is 6. The van der Waals surface area contributed by atoms with Gasteiger partial charge in [0.15, 0.2) is 11.0 Å². The molecule has 0 saturated heterocycles. The molecule has 0 spiro atoms. The summed E-state index contributed by atoms with van der Waals surface area (Å²) in [5.41, 5.74) is 6.37. The highest BCUT2D eigenvalue weighted by Gasteiger charge is 2.29. The Morgan fingerprint density at radius 1 is 0.500 bits per heavy atom. The Morgan fingerprint density at radius 2 is 0.875 bits per heavy atom. The Kier molecular flexibility index (Phi) is 8.87. The molecule has 4 aromatic heterocycles. The fourth-order valence-electron chi connectivity index (χ4n) is 11.4. The van der Waals surface area contributed by atoms with Gasteiger partial charge in [0, 0.05) is 44.5 Å². The second-order valence-electron chi connectivity index (χ2n) is 21.0. The summed E-state index contributed by atoms with van der Waals surface area (Å²) in [4.78, 5) is 64.7. The number of nitro benzene ring substituents is 2. The van der Waals surface area contributed by atoms with Crippen LogP contribution in [0.2, 0.25) is 19.6 Å². The van der Waals surface area contributed by atoms with Gasteiger partial charge in [-0.05, 0) is 153 Å². The lowest BCUT2D eigenvalue weighted by Gasteiger charge is -2.21. The van der Waals surface area contributed by atoms with Gasteiger partial charge in [-0.3, -0.25) is 38.6 Å². The summed E-state index contributed by atoms with van der Waals surface area (Å²) < 4.78 is 9.46. The third-order valence-electron chi connectivity index (χ3n) is 14.6. The molecule has 4 heterocycles. The first-order valence-corrected chi connectivity index (χ1v) is 27.4. The summed E-state index contributed by atoms with van der Waals surface area (Å²) >= 11 is 0. The third kappa shape index (κ3) is 6.05. The minimum atomic E-state index is -2.02. The van der Waals surface area contributed by atoms with E-state index in [1.165, 1.54) is 14.9 Å². The van der Waals surface area contributed by atoms with E-state index in [1.54, 1.807) is 6.07 Å². The zero-order valence-electron chi connectivity index (χ0n) is 40.6. The number of fused-ring (bicyclic) bond motifs is 10. The van der Waals surface area contributed by atoms with Crippen molar-refractivity contribution in [3.63, 3.8) is 0 Å². The molecule has 0 unspecified atom stereocenters. The van der Waals surface area contributed by atoms with Crippen LogP contribution in [-0.2, 0) is 0 Å². The van der Waals surface area contributed by atoms with Crippen molar-refractivity contribution < 1.29 is 14.3 Å². The van der Waals surface area contributed by atoms with Crippen LogP contribution in [-0.4, -0.2) is 36.9 Å². The molecule has 0 aliphatic heterocycles. The van der Waals surface area contributed by atoms with E-state index in [0.29, 0.717) is 71.5 Å². The number of hydrogen-bond donors (Lipinski definition) is 0. The van der Waals surface area contributed by atoms with Gasteiger partial charge in [-0.2, -0.15) is 0 Å². The second-order valence-corrected chi connectivity index (χ2v) is 25.4. The number of aromatic nitrogens is 4. The van der Waals surface area contributed by atoms with Crippen LogP contribution in [0.1, 0.15) is 56.2 Å². The molecule has 0 fully saturated rings. The number of aryl methyl sites for hydroxylation is 1. The number of benzene rings is 9. The van der Waals surface area contributed by atoms with Gasteiger partial charge in [-0.15, -0.1) is 0 Å². The highest BCUT2D eigenvalue weighted by molar-refractivity contribution is 6.70. The second kappa shape index (κ2) is 14.7. The standard InChI is InChI=1S/C58H44N6O7Si/c1-27(2)30-17-29(5)18-32(19-30)34-23-45-53(47(25-34)63(67)68)59-55-41-13-9-37-40-12-16-44-52-42(14-10-38(50(40)52)39-11-15-43(51(41)49(37)39)57(65)61(45)55)56-60-54-46(62(56)58(44)66)24-35(26-48(54)64(69)70)33-20-31(28(3)4)21-36(22-33)71-72(6,7)8/h9-28H,1-8H3. The number of non-ortho nitro benzene ring substituents is 2. The Bertz CT molecular complexity index is 4700. The van der Waals surface area contributed by atoms with Crippen molar-refractivity contribution in [1.29, 1.82) is 0 Å². The lowest BCUT2D eigenvalue weighted by Crippen LogP contribution is -2.29. The number of pyridine rings is 2. The summed E-state index contributed by atoms with van der Waals surface area (Å²) in [6.45, 7) is 16.7. The number of nitro groups is 2. The van der Waals surface area contributed by atoms with E-state index in [2.05, 4.69) is 53.4 Å². The van der Waals surface area contributed by atoms with E-state index in [0.717, 1.165) is 60.1 Å². The summed E-state index contributed by atoms with van der Waals surface area (Å²) in [5, 5.41) is 34.4. The minimum absolute atomic E-state index is 0.111. The largest absolute Gasteiger partial charge is 0.544 e. The predicted octanol–water partition coefficient (Wildman–Crippen LogP) is 14.2. The van der Waals surface area contributed by atoms with Crippen molar-refractivity contribution >= 4 is 118 Å². The molecular weight excluding hydrogens is 921 g/mol. The first-order chi connectivity index (χ1) is 34.3. The van der Waals surface area contributed by atoms with Crippen LogP contribution in [0.4, 0.5) is 11.4 Å². The third-order valence-corrected chi connectivity index (χ3v) is 15.4. The predicted molar refractivity (Wildman–Crippen MR) is 291 cm³/mol. The van der Waals surface area contributed by atoms with Crippen LogP contribution >= 0.6 is 0 Å². The maximum Gasteiger partial charge on any atom is 0.297 e. The number of hydrogen-bond acceptors (Lipinski definition) is 9. The van der Waals surface area contributed by atoms with Crippen molar-refractivity contribution in [2.24, 2.45) is 0 Å². The summed E-state index contributed by atoms with van der Waals surface area (Å²) in [6, 6.07) is 34.2. The topological polar surface area (TPSA) is 164 Å². The van der Waals surface area contributed by atoms with E-state index < -0.39 is 18.2 Å². The molecule has 352 valence electrons. The summed E-state index contributed by atoms with van der Waals surface area (Å²) in [7, 11) is -2.02. The van der Waals surface area contributed by atoms with Crippen molar-refractivity contribution in [1.82, 2.24) is 18.8 Å². The highest BCUT2D eigenvalue weighted by atomic mass is 28.4. The molecule has 13 aromatic rings. The van der Waals surface area contributed by atoms with Gasteiger partial charge >= 0.3 is 0 Å². The smallest absolute Gasteiger partial charge is 0.297 e.